The number of nitrogens with zero attached hydrogens (tertiary/aromatic N) is 2. The molecular weight excluding hydrogens is 595 g/mol. The van der Waals surface area contributed by atoms with E-state index in [4.69, 9.17) is 4.74 Å². The molecule has 2 amide bonds. The third kappa shape index (κ3) is 7.90. The summed E-state index contributed by atoms with van der Waals surface area (Å²) in [6.45, 7) is 2.39. The zero-order valence-electron chi connectivity index (χ0n) is 24.8. The Kier molecular flexibility index (Phi) is 10.2. The molecule has 1 atom stereocenters. The van der Waals surface area contributed by atoms with E-state index in [-0.39, 0.29) is 23.2 Å². The van der Waals surface area contributed by atoms with Crippen molar-refractivity contribution in [3.05, 3.63) is 89.5 Å². The number of halogens is 3. The van der Waals surface area contributed by atoms with Crippen molar-refractivity contribution in [2.75, 3.05) is 18.0 Å². The van der Waals surface area contributed by atoms with Gasteiger partial charge >= 0.3 is 6.18 Å². The molecule has 1 aliphatic carbocycles. The molecule has 1 saturated carbocycles. The predicted octanol–water partition coefficient (Wildman–Crippen LogP) is 5.69. The van der Waals surface area contributed by atoms with E-state index in [9.17, 15) is 31.2 Å². The Morgan fingerprint density at radius 3 is 2.30 bits per heavy atom. The minimum atomic E-state index is -4.75. The van der Waals surface area contributed by atoms with Gasteiger partial charge in [-0.05, 0) is 74.7 Å². The maximum Gasteiger partial charge on any atom is 0.416 e. The molecule has 0 radical (unpaired) electrons. The summed E-state index contributed by atoms with van der Waals surface area (Å²) >= 11 is 0. The van der Waals surface area contributed by atoms with Gasteiger partial charge < -0.3 is 15.0 Å². The minimum Gasteiger partial charge on any atom is -0.497 e. The molecule has 0 aliphatic heterocycles. The standard InChI is InChI=1S/C32H36F3N3O5S/c1-22-14-16-29(17-15-22)44(41,42)38(27-12-7-9-25(19-27)32(33,34)35)21-30(39)37(20-24-8-6-13-28(18-24)43-3)23(2)31(40)36-26-10-4-5-11-26/h6-9,12-19,23,26H,4-5,10-11,20-21H2,1-3H3,(H,36,40)/t23-/m1/s1. The molecular formula is C32H36F3N3O5S. The summed E-state index contributed by atoms with van der Waals surface area (Å²) in [7, 11) is -3.02. The molecule has 3 aromatic carbocycles. The Bertz CT molecular complexity index is 1570. The average molecular weight is 632 g/mol. The minimum absolute atomic E-state index is 0.0257. The van der Waals surface area contributed by atoms with Crippen molar-refractivity contribution >= 4 is 27.5 Å². The van der Waals surface area contributed by atoms with Gasteiger partial charge in [-0.2, -0.15) is 13.2 Å². The lowest BCUT2D eigenvalue weighted by atomic mass is 10.1. The van der Waals surface area contributed by atoms with Crippen molar-refractivity contribution in [1.82, 2.24) is 10.2 Å². The Labute approximate surface area is 255 Å². The van der Waals surface area contributed by atoms with Crippen LogP contribution in [0.25, 0.3) is 0 Å². The van der Waals surface area contributed by atoms with Crippen molar-refractivity contribution in [2.45, 2.75) is 69.2 Å². The van der Waals surface area contributed by atoms with E-state index in [1.807, 2.05) is 0 Å². The predicted molar refractivity (Wildman–Crippen MR) is 161 cm³/mol. The largest absolute Gasteiger partial charge is 0.497 e. The van der Waals surface area contributed by atoms with Crippen LogP contribution in [-0.2, 0) is 32.3 Å². The highest BCUT2D eigenvalue weighted by Crippen LogP contribution is 2.33. The highest BCUT2D eigenvalue weighted by atomic mass is 32.2. The van der Waals surface area contributed by atoms with Crippen LogP contribution in [-0.4, -0.2) is 50.9 Å². The number of sulfonamides is 1. The summed E-state index contributed by atoms with van der Waals surface area (Å²) < 4.78 is 74.8. The fourth-order valence-corrected chi connectivity index (χ4v) is 6.55. The first-order valence-corrected chi connectivity index (χ1v) is 15.7. The van der Waals surface area contributed by atoms with Crippen LogP contribution in [0.4, 0.5) is 18.9 Å². The Balaban J connectivity index is 1.74. The number of nitrogens with one attached hydrogen (secondary N) is 1. The van der Waals surface area contributed by atoms with E-state index in [2.05, 4.69) is 5.32 Å². The number of carbonyl (C=O) groups excluding carboxylic acids is 2. The zero-order valence-corrected chi connectivity index (χ0v) is 25.6. The van der Waals surface area contributed by atoms with E-state index < -0.39 is 46.2 Å². The van der Waals surface area contributed by atoms with Gasteiger partial charge in [0.1, 0.15) is 18.3 Å². The van der Waals surface area contributed by atoms with Gasteiger partial charge in [0.25, 0.3) is 10.0 Å². The molecule has 12 heteroatoms. The van der Waals surface area contributed by atoms with Gasteiger partial charge in [0.15, 0.2) is 0 Å². The highest BCUT2D eigenvalue weighted by molar-refractivity contribution is 7.92. The van der Waals surface area contributed by atoms with Crippen LogP contribution in [0.15, 0.2) is 77.7 Å². The van der Waals surface area contributed by atoms with Crippen LogP contribution in [0.1, 0.15) is 49.3 Å². The topological polar surface area (TPSA) is 96.0 Å². The van der Waals surface area contributed by atoms with Crippen LogP contribution in [0, 0.1) is 6.92 Å². The highest BCUT2D eigenvalue weighted by Gasteiger charge is 2.35. The van der Waals surface area contributed by atoms with Gasteiger partial charge in [-0.1, -0.05) is 48.7 Å². The number of hydrogen-bond acceptors (Lipinski definition) is 5. The summed E-state index contributed by atoms with van der Waals surface area (Å²) in [5, 5.41) is 2.98. The van der Waals surface area contributed by atoms with Gasteiger partial charge in [-0.25, -0.2) is 8.42 Å². The molecule has 3 aromatic rings. The van der Waals surface area contributed by atoms with Gasteiger partial charge in [0.2, 0.25) is 11.8 Å². The van der Waals surface area contributed by atoms with Crippen LogP contribution in [0.3, 0.4) is 0 Å². The first kappa shape index (κ1) is 32.8. The first-order chi connectivity index (χ1) is 20.8. The summed E-state index contributed by atoms with van der Waals surface area (Å²) in [6.07, 6.45) is -1.14. The Hall–Kier alpha value is -4.06. The number of hydrogen-bond donors (Lipinski definition) is 1. The summed E-state index contributed by atoms with van der Waals surface area (Å²) in [4.78, 5) is 28.4. The SMILES string of the molecule is COc1cccc(CN(C(=O)CN(c2cccc(C(F)(F)F)c2)S(=O)(=O)c2ccc(C)cc2)[C@H](C)C(=O)NC2CCCC2)c1. The van der Waals surface area contributed by atoms with Crippen LogP contribution in [0.2, 0.25) is 0 Å². The number of rotatable bonds is 11. The summed E-state index contributed by atoms with van der Waals surface area (Å²) in [5.41, 5.74) is -0.00956. The second-order valence-electron chi connectivity index (χ2n) is 10.9. The normalized spacial score (nSPS) is 14.6. The average Bonchev–Trinajstić information content (AvgIpc) is 3.51. The number of ether oxygens (including phenoxy) is 1. The molecule has 1 fully saturated rings. The molecule has 0 unspecified atom stereocenters. The lowest BCUT2D eigenvalue weighted by Crippen LogP contribution is -2.52. The van der Waals surface area contributed by atoms with Crippen molar-refractivity contribution in [1.29, 1.82) is 0 Å². The van der Waals surface area contributed by atoms with E-state index in [0.717, 1.165) is 43.4 Å². The van der Waals surface area contributed by atoms with Gasteiger partial charge in [-0.3, -0.25) is 13.9 Å². The maximum atomic E-state index is 14.1. The fourth-order valence-electron chi connectivity index (χ4n) is 5.15. The molecule has 0 spiro atoms. The van der Waals surface area contributed by atoms with Crippen LogP contribution in [0.5, 0.6) is 5.75 Å². The van der Waals surface area contributed by atoms with Crippen molar-refractivity contribution in [2.24, 2.45) is 0 Å². The molecule has 0 bridgehead atoms. The molecule has 0 heterocycles. The molecule has 0 aromatic heterocycles. The molecule has 8 nitrogen and oxygen atoms in total. The van der Waals surface area contributed by atoms with E-state index in [0.29, 0.717) is 21.7 Å². The smallest absolute Gasteiger partial charge is 0.416 e. The van der Waals surface area contributed by atoms with Crippen molar-refractivity contribution in [3.8, 4) is 5.75 Å². The second-order valence-corrected chi connectivity index (χ2v) is 12.8. The van der Waals surface area contributed by atoms with Crippen molar-refractivity contribution in [3.63, 3.8) is 0 Å². The molecule has 1 aliphatic rings. The maximum absolute atomic E-state index is 14.1. The van der Waals surface area contributed by atoms with E-state index >= 15 is 0 Å². The van der Waals surface area contributed by atoms with Gasteiger partial charge in [0, 0.05) is 12.6 Å². The van der Waals surface area contributed by atoms with Gasteiger partial charge in [0.05, 0.1) is 23.3 Å². The van der Waals surface area contributed by atoms with E-state index in [1.165, 1.54) is 30.2 Å². The second kappa shape index (κ2) is 13.7. The monoisotopic (exact) mass is 631 g/mol. The lowest BCUT2D eigenvalue weighted by Gasteiger charge is -2.32. The number of benzene rings is 3. The first-order valence-electron chi connectivity index (χ1n) is 14.3. The quantitative estimate of drug-likeness (QED) is 0.293. The fraction of sp³-hybridized carbons (Fsp3) is 0.375. The van der Waals surface area contributed by atoms with Crippen LogP contribution >= 0.6 is 0 Å². The molecule has 4 rings (SSSR count). The van der Waals surface area contributed by atoms with E-state index in [1.54, 1.807) is 50.2 Å². The molecule has 0 saturated heterocycles. The van der Waals surface area contributed by atoms with Gasteiger partial charge in [-0.15, -0.1) is 0 Å². The zero-order chi connectivity index (χ0) is 32.1. The number of methoxy groups -OCH3 is 1. The summed E-state index contributed by atoms with van der Waals surface area (Å²) in [5.74, 6) is -0.652. The Morgan fingerprint density at radius 2 is 1.66 bits per heavy atom. The number of carbonyl (C=O) groups is 2. The lowest BCUT2D eigenvalue weighted by molar-refractivity contribution is -0.139. The molecule has 236 valence electrons. The Morgan fingerprint density at radius 1 is 1.00 bits per heavy atom. The summed E-state index contributed by atoms with van der Waals surface area (Å²) in [6, 6.07) is 15.4. The van der Waals surface area contributed by atoms with Crippen molar-refractivity contribution < 1.29 is 35.9 Å². The third-order valence-corrected chi connectivity index (χ3v) is 9.49. The third-order valence-electron chi connectivity index (χ3n) is 7.71. The number of anilines is 1. The van der Waals surface area contributed by atoms with Crippen LogP contribution < -0.4 is 14.4 Å². The number of amides is 2. The number of alkyl halides is 3. The molecule has 1 N–H and O–H groups in total. The molecule has 44 heavy (non-hydrogen) atoms. The number of aryl methyl sites for hydroxylation is 1.